The van der Waals surface area contributed by atoms with E-state index < -0.39 is 5.03 Å². The summed E-state index contributed by atoms with van der Waals surface area (Å²) < 4.78 is 0.876. The largest absolute Gasteiger partial charge is 0.354 e. The molecule has 0 fully saturated rings. The summed E-state index contributed by atoms with van der Waals surface area (Å²) in [7, 11) is 1.51. The maximum absolute atomic E-state index is 10.1. The van der Waals surface area contributed by atoms with Gasteiger partial charge in [-0.3, -0.25) is 0 Å². The Hall–Kier alpha value is -1.90. The lowest BCUT2D eigenvalue weighted by atomic mass is 10.5. The van der Waals surface area contributed by atoms with Gasteiger partial charge in [0.1, 0.15) is 10.8 Å². The number of hydrogen-bond acceptors (Lipinski definition) is 4. The summed E-state index contributed by atoms with van der Waals surface area (Å²) in [6.07, 6.45) is 1.43. The summed E-state index contributed by atoms with van der Waals surface area (Å²) in [6.45, 7) is 0.236. The van der Waals surface area contributed by atoms with Gasteiger partial charge in [-0.05, 0) is 0 Å². The molecule has 0 bridgehead atoms. The average molecular weight is 234 g/mol. The fraction of sp³-hybridized carbons (Fsp3) is 0.400. The first kappa shape index (κ1) is 11.2. The van der Waals surface area contributed by atoms with E-state index in [1.54, 1.807) is 0 Å². The molecular weight excluding hydrogens is 226 g/mol. The van der Waals surface area contributed by atoms with Gasteiger partial charge >= 0.3 is 0 Å². The fourth-order valence-corrected chi connectivity index (χ4v) is 0.923. The Morgan fingerprint density at radius 1 is 1.87 bits per heavy atom. The van der Waals surface area contributed by atoms with Crippen LogP contribution < -0.4 is 10.6 Å². The molecule has 0 aliphatic heterocycles. The van der Waals surface area contributed by atoms with Gasteiger partial charge in [0, 0.05) is 7.05 Å². The van der Waals surface area contributed by atoms with Gasteiger partial charge in [-0.2, -0.15) is 0 Å². The van der Waals surface area contributed by atoms with Gasteiger partial charge < -0.3 is 10.6 Å². The van der Waals surface area contributed by atoms with E-state index in [-0.39, 0.29) is 12.5 Å². The fourth-order valence-electron chi connectivity index (χ4n) is 0.783. The second-order valence-corrected chi connectivity index (χ2v) is 2.67. The summed E-state index contributed by atoms with van der Waals surface area (Å²) >= 11 is 5.41. The van der Waals surface area contributed by atoms with Crippen LogP contribution in [0.1, 0.15) is 5.69 Å². The molecule has 1 aromatic rings. The SMILES string of the molecule is CNC(=N[N+](=O)[O-])NCc1cnn(Cl)n1. The average Bonchev–Trinajstić information content (AvgIpc) is 2.58. The first-order chi connectivity index (χ1) is 7.11. The molecule has 0 amide bonds. The molecule has 0 atom stereocenters. The predicted molar refractivity (Wildman–Crippen MR) is 51.6 cm³/mol. The minimum Gasteiger partial charge on any atom is -0.354 e. The lowest BCUT2D eigenvalue weighted by molar-refractivity contribution is -0.485. The monoisotopic (exact) mass is 233 g/mol. The van der Waals surface area contributed by atoms with Gasteiger partial charge in [0.2, 0.25) is 0 Å². The van der Waals surface area contributed by atoms with Crippen molar-refractivity contribution in [2.75, 3.05) is 7.05 Å². The number of rotatable bonds is 3. The molecule has 0 unspecified atom stereocenters. The van der Waals surface area contributed by atoms with Gasteiger partial charge in [0.05, 0.1) is 24.5 Å². The van der Waals surface area contributed by atoms with Crippen LogP contribution >= 0.6 is 11.8 Å². The molecule has 0 aromatic carbocycles. The first-order valence-corrected chi connectivity index (χ1v) is 4.17. The topological polar surface area (TPSA) is 110 Å². The molecular formula is C5H8ClN7O2. The summed E-state index contributed by atoms with van der Waals surface area (Å²) in [6, 6.07) is 0. The highest BCUT2D eigenvalue weighted by molar-refractivity contribution is 6.13. The highest BCUT2D eigenvalue weighted by atomic mass is 35.5. The number of nitro groups is 1. The zero-order chi connectivity index (χ0) is 11.3. The molecule has 0 saturated heterocycles. The van der Waals surface area contributed by atoms with E-state index in [0.29, 0.717) is 5.69 Å². The Balaban J connectivity index is 2.51. The van der Waals surface area contributed by atoms with Crippen molar-refractivity contribution in [2.24, 2.45) is 5.10 Å². The minimum absolute atomic E-state index is 0.0316. The van der Waals surface area contributed by atoms with Crippen molar-refractivity contribution < 1.29 is 5.03 Å². The van der Waals surface area contributed by atoms with Gasteiger partial charge in [-0.1, -0.05) is 4.32 Å². The molecule has 9 nitrogen and oxygen atoms in total. The van der Waals surface area contributed by atoms with Crippen molar-refractivity contribution in [2.45, 2.75) is 6.54 Å². The second kappa shape index (κ2) is 5.10. The van der Waals surface area contributed by atoms with E-state index in [2.05, 4.69) is 25.9 Å². The van der Waals surface area contributed by atoms with Crippen molar-refractivity contribution in [1.29, 1.82) is 0 Å². The van der Waals surface area contributed by atoms with Gasteiger partial charge in [0.25, 0.3) is 5.96 Å². The number of halogens is 1. The molecule has 10 heteroatoms. The normalized spacial score (nSPS) is 11.2. The molecule has 1 heterocycles. The molecule has 0 aliphatic carbocycles. The highest BCUT2D eigenvalue weighted by Crippen LogP contribution is 1.91. The third kappa shape index (κ3) is 3.77. The molecule has 0 saturated carbocycles. The molecule has 1 rings (SSSR count). The van der Waals surface area contributed by atoms with E-state index in [9.17, 15) is 10.1 Å². The van der Waals surface area contributed by atoms with Crippen molar-refractivity contribution in [3.05, 3.63) is 22.0 Å². The summed E-state index contributed by atoms with van der Waals surface area (Å²) in [5, 5.41) is 24.8. The van der Waals surface area contributed by atoms with E-state index in [1.165, 1.54) is 13.2 Å². The Kier molecular flexibility index (Phi) is 3.80. The Morgan fingerprint density at radius 3 is 3.07 bits per heavy atom. The number of aromatic nitrogens is 3. The van der Waals surface area contributed by atoms with Crippen molar-refractivity contribution in [1.82, 2.24) is 25.1 Å². The number of hydrazone groups is 1. The second-order valence-electron chi connectivity index (χ2n) is 2.37. The molecule has 0 radical (unpaired) electrons. The lowest BCUT2D eigenvalue weighted by Crippen LogP contribution is -2.35. The number of guanidine groups is 1. The molecule has 1 aromatic heterocycles. The van der Waals surface area contributed by atoms with Crippen molar-refractivity contribution in [3.8, 4) is 0 Å². The maximum Gasteiger partial charge on any atom is 0.268 e. The number of hydrogen-bond donors (Lipinski definition) is 2. The van der Waals surface area contributed by atoms with Crippen LogP contribution in [0.15, 0.2) is 11.3 Å². The smallest absolute Gasteiger partial charge is 0.268 e. The van der Waals surface area contributed by atoms with E-state index in [1.807, 2.05) is 0 Å². The van der Waals surface area contributed by atoms with Crippen LogP contribution in [0.4, 0.5) is 0 Å². The standard InChI is InChI=1S/C5H8ClN7O2/c1-7-5(11-13(14)15)8-2-4-3-9-12(6)10-4/h3H,2H2,1H3,(H2,7,8,11). The quantitative estimate of drug-likeness (QED) is 0.304. The summed E-state index contributed by atoms with van der Waals surface area (Å²) in [5.41, 5.74) is 0.538. The van der Waals surface area contributed by atoms with E-state index in [0.717, 1.165) is 4.32 Å². The van der Waals surface area contributed by atoms with Crippen molar-refractivity contribution in [3.63, 3.8) is 0 Å². The van der Waals surface area contributed by atoms with Crippen LogP contribution in [0.2, 0.25) is 0 Å². The first-order valence-electron chi connectivity index (χ1n) is 3.84. The van der Waals surface area contributed by atoms with Crippen LogP contribution in [0, 0.1) is 10.1 Å². The van der Waals surface area contributed by atoms with Crippen LogP contribution in [0.5, 0.6) is 0 Å². The van der Waals surface area contributed by atoms with Crippen LogP contribution in [-0.4, -0.2) is 32.6 Å². The van der Waals surface area contributed by atoms with Crippen LogP contribution in [0.3, 0.4) is 0 Å². The number of nitrogens with one attached hydrogen (secondary N) is 2. The summed E-state index contributed by atoms with van der Waals surface area (Å²) in [4.78, 5) is 10.1. The molecule has 82 valence electrons. The van der Waals surface area contributed by atoms with E-state index >= 15 is 0 Å². The maximum atomic E-state index is 10.1. The Labute approximate surface area is 89.4 Å². The molecule has 0 spiro atoms. The third-order valence-electron chi connectivity index (χ3n) is 1.37. The minimum atomic E-state index is -0.808. The molecule has 15 heavy (non-hydrogen) atoms. The van der Waals surface area contributed by atoms with Gasteiger partial charge in [0.15, 0.2) is 5.03 Å². The van der Waals surface area contributed by atoms with Crippen LogP contribution in [0.25, 0.3) is 0 Å². The molecule has 0 aliphatic rings. The lowest BCUT2D eigenvalue weighted by Gasteiger charge is -2.02. The van der Waals surface area contributed by atoms with Gasteiger partial charge in [-0.25, -0.2) is 10.1 Å². The predicted octanol–water partition coefficient (Wildman–Crippen LogP) is -0.863. The number of nitrogens with zero attached hydrogens (tertiary/aromatic N) is 5. The Bertz CT molecular complexity index is 375. The third-order valence-corrected chi connectivity index (χ3v) is 1.53. The Morgan fingerprint density at radius 2 is 2.60 bits per heavy atom. The molecule has 2 N–H and O–H groups in total. The van der Waals surface area contributed by atoms with Crippen molar-refractivity contribution >= 4 is 17.7 Å². The van der Waals surface area contributed by atoms with Crippen LogP contribution in [-0.2, 0) is 6.54 Å². The van der Waals surface area contributed by atoms with Gasteiger partial charge in [-0.15, -0.1) is 10.2 Å². The highest BCUT2D eigenvalue weighted by Gasteiger charge is 2.04. The zero-order valence-electron chi connectivity index (χ0n) is 7.71. The summed E-state index contributed by atoms with van der Waals surface area (Å²) in [5.74, 6) is 0.0316. The van der Waals surface area contributed by atoms with E-state index in [4.69, 9.17) is 11.8 Å². The zero-order valence-corrected chi connectivity index (χ0v) is 8.47.